The van der Waals surface area contributed by atoms with Crippen molar-refractivity contribution in [3.05, 3.63) is 10.5 Å². The summed E-state index contributed by atoms with van der Waals surface area (Å²) in [6.45, 7) is 0. The monoisotopic (exact) mass is 194 g/mol. The van der Waals surface area contributed by atoms with E-state index in [1.807, 2.05) is 10.5 Å². The Morgan fingerprint density at radius 1 is 0.923 bits per heavy atom. The minimum absolute atomic E-state index is 1.01. The van der Waals surface area contributed by atoms with Crippen LogP contribution in [-0.4, -0.2) is 5.25 Å². The average molecular weight is 194 g/mol. The normalized spacial score (nSPS) is 38.8. The molecule has 0 radical (unpaired) electrons. The molecule has 0 bridgehead atoms. The first-order valence-electron chi connectivity index (χ1n) is 5.84. The smallest absolute Gasteiger partial charge is 0.0157 e. The molecule has 0 spiro atoms. The summed E-state index contributed by atoms with van der Waals surface area (Å²) >= 11 is 2.26. The van der Waals surface area contributed by atoms with Crippen LogP contribution in [0, 0.1) is 5.92 Å². The molecule has 0 aromatic heterocycles. The predicted molar refractivity (Wildman–Crippen MR) is 58.8 cm³/mol. The number of rotatable bonds is 0. The standard InChI is InChI=1S/C12H18S/c1-3-7-11-9(5-1)10-6-2-4-8-12(10)13-11/h9,11H,1-8H2. The second kappa shape index (κ2) is 3.34. The zero-order valence-electron chi connectivity index (χ0n) is 8.22. The van der Waals surface area contributed by atoms with E-state index >= 15 is 0 Å². The minimum Gasteiger partial charge on any atom is -0.127 e. The van der Waals surface area contributed by atoms with E-state index in [1.54, 1.807) is 0 Å². The quantitative estimate of drug-likeness (QED) is 0.559. The van der Waals surface area contributed by atoms with Gasteiger partial charge in [-0.2, -0.15) is 0 Å². The van der Waals surface area contributed by atoms with Crippen LogP contribution >= 0.6 is 11.8 Å². The van der Waals surface area contributed by atoms with Crippen LogP contribution in [0.4, 0.5) is 0 Å². The van der Waals surface area contributed by atoms with Crippen molar-refractivity contribution in [1.29, 1.82) is 0 Å². The van der Waals surface area contributed by atoms with Crippen LogP contribution in [0.3, 0.4) is 0 Å². The summed E-state index contributed by atoms with van der Waals surface area (Å²) in [7, 11) is 0. The molecule has 0 aromatic carbocycles. The van der Waals surface area contributed by atoms with Crippen LogP contribution in [0.15, 0.2) is 10.5 Å². The van der Waals surface area contributed by atoms with Gasteiger partial charge in [-0.25, -0.2) is 0 Å². The third-order valence-electron chi connectivity index (χ3n) is 3.90. The third kappa shape index (κ3) is 1.36. The molecule has 13 heavy (non-hydrogen) atoms. The molecule has 0 aromatic rings. The molecule has 1 heterocycles. The van der Waals surface area contributed by atoms with Gasteiger partial charge in [0.25, 0.3) is 0 Å². The van der Waals surface area contributed by atoms with Gasteiger partial charge in [0.2, 0.25) is 0 Å². The molecular formula is C12H18S. The second-order valence-electron chi connectivity index (χ2n) is 4.70. The lowest BCUT2D eigenvalue weighted by molar-refractivity contribution is 0.407. The Balaban J connectivity index is 1.85. The fourth-order valence-electron chi connectivity index (χ4n) is 3.25. The van der Waals surface area contributed by atoms with E-state index in [1.165, 1.54) is 51.4 Å². The van der Waals surface area contributed by atoms with E-state index in [0.717, 1.165) is 11.2 Å². The van der Waals surface area contributed by atoms with Gasteiger partial charge in [-0.1, -0.05) is 18.4 Å². The molecule has 72 valence electrons. The molecule has 1 aliphatic heterocycles. The Hall–Kier alpha value is 0.0900. The maximum absolute atomic E-state index is 2.26. The van der Waals surface area contributed by atoms with E-state index < -0.39 is 0 Å². The summed E-state index contributed by atoms with van der Waals surface area (Å²) in [5.41, 5.74) is 1.90. The second-order valence-corrected chi connectivity index (χ2v) is 6.04. The van der Waals surface area contributed by atoms with Gasteiger partial charge in [0.05, 0.1) is 0 Å². The molecule has 0 nitrogen and oxygen atoms in total. The summed E-state index contributed by atoms with van der Waals surface area (Å²) in [4.78, 5) is 1.82. The molecule has 1 heteroatoms. The number of hydrogen-bond donors (Lipinski definition) is 0. The van der Waals surface area contributed by atoms with Gasteiger partial charge >= 0.3 is 0 Å². The fraction of sp³-hybridized carbons (Fsp3) is 0.833. The van der Waals surface area contributed by atoms with Crippen molar-refractivity contribution in [2.75, 3.05) is 0 Å². The molecule has 0 amide bonds. The molecule has 2 unspecified atom stereocenters. The van der Waals surface area contributed by atoms with E-state index in [0.29, 0.717) is 0 Å². The highest BCUT2D eigenvalue weighted by Gasteiger charge is 2.37. The summed E-state index contributed by atoms with van der Waals surface area (Å²) in [6, 6.07) is 0. The van der Waals surface area contributed by atoms with Crippen molar-refractivity contribution in [3.63, 3.8) is 0 Å². The van der Waals surface area contributed by atoms with Gasteiger partial charge in [-0.3, -0.25) is 0 Å². The van der Waals surface area contributed by atoms with Crippen LogP contribution in [0.2, 0.25) is 0 Å². The van der Waals surface area contributed by atoms with Crippen molar-refractivity contribution >= 4 is 11.8 Å². The first-order valence-corrected chi connectivity index (χ1v) is 6.72. The lowest BCUT2D eigenvalue weighted by Crippen LogP contribution is -2.19. The highest BCUT2D eigenvalue weighted by molar-refractivity contribution is 8.04. The summed E-state index contributed by atoms with van der Waals surface area (Å²) in [5, 5.41) is 1.01. The highest BCUT2D eigenvalue weighted by atomic mass is 32.2. The molecule has 0 saturated heterocycles. The van der Waals surface area contributed by atoms with Crippen molar-refractivity contribution in [2.45, 2.75) is 56.6 Å². The zero-order valence-corrected chi connectivity index (χ0v) is 9.04. The molecule has 3 rings (SSSR count). The number of thioether (sulfide) groups is 1. The molecule has 1 saturated carbocycles. The lowest BCUT2D eigenvalue weighted by atomic mass is 9.80. The number of fused-ring (bicyclic) bond motifs is 2. The lowest BCUT2D eigenvalue weighted by Gasteiger charge is -2.26. The summed E-state index contributed by atoms with van der Waals surface area (Å²) in [6.07, 6.45) is 11.8. The Morgan fingerprint density at radius 2 is 1.77 bits per heavy atom. The maximum Gasteiger partial charge on any atom is 0.0157 e. The van der Waals surface area contributed by atoms with Gasteiger partial charge in [0, 0.05) is 5.25 Å². The van der Waals surface area contributed by atoms with Gasteiger partial charge in [-0.05, 0) is 49.3 Å². The van der Waals surface area contributed by atoms with E-state index in [4.69, 9.17) is 0 Å². The Labute approximate surface area is 85.2 Å². The summed E-state index contributed by atoms with van der Waals surface area (Å²) in [5.74, 6) is 1.02. The van der Waals surface area contributed by atoms with E-state index in [2.05, 4.69) is 11.8 Å². The highest BCUT2D eigenvalue weighted by Crippen LogP contribution is 2.53. The van der Waals surface area contributed by atoms with Gasteiger partial charge in [0.1, 0.15) is 0 Å². The largest absolute Gasteiger partial charge is 0.127 e. The van der Waals surface area contributed by atoms with Gasteiger partial charge in [-0.15, -0.1) is 11.8 Å². The third-order valence-corrected chi connectivity index (χ3v) is 5.52. The molecule has 0 N–H and O–H groups in total. The topological polar surface area (TPSA) is 0 Å². The zero-order chi connectivity index (χ0) is 8.67. The van der Waals surface area contributed by atoms with Crippen LogP contribution in [-0.2, 0) is 0 Å². The molecule has 3 aliphatic rings. The van der Waals surface area contributed by atoms with E-state index in [9.17, 15) is 0 Å². The Bertz CT molecular complexity index is 242. The minimum atomic E-state index is 1.01. The molecule has 2 atom stereocenters. The van der Waals surface area contributed by atoms with Crippen molar-refractivity contribution in [1.82, 2.24) is 0 Å². The van der Waals surface area contributed by atoms with Gasteiger partial charge < -0.3 is 0 Å². The van der Waals surface area contributed by atoms with Crippen molar-refractivity contribution in [3.8, 4) is 0 Å². The Kier molecular flexibility index (Phi) is 2.16. The van der Waals surface area contributed by atoms with Crippen molar-refractivity contribution in [2.24, 2.45) is 5.92 Å². The maximum atomic E-state index is 2.26. The van der Waals surface area contributed by atoms with Crippen LogP contribution in [0.25, 0.3) is 0 Å². The summed E-state index contributed by atoms with van der Waals surface area (Å²) < 4.78 is 0. The molecule has 1 fully saturated rings. The Morgan fingerprint density at radius 3 is 2.77 bits per heavy atom. The average Bonchev–Trinajstić information content (AvgIpc) is 2.56. The number of allylic oxidation sites excluding steroid dienone is 2. The van der Waals surface area contributed by atoms with Crippen LogP contribution < -0.4 is 0 Å². The van der Waals surface area contributed by atoms with Gasteiger partial charge in [0.15, 0.2) is 0 Å². The first kappa shape index (κ1) is 8.40. The van der Waals surface area contributed by atoms with E-state index in [-0.39, 0.29) is 0 Å². The molecule has 2 aliphatic carbocycles. The van der Waals surface area contributed by atoms with Crippen molar-refractivity contribution < 1.29 is 0 Å². The first-order chi connectivity index (χ1) is 6.45. The number of hydrogen-bond acceptors (Lipinski definition) is 1. The predicted octanol–water partition coefficient (Wildman–Crippen LogP) is 4.12. The SMILES string of the molecule is C1CCC2=C(C1)SC1CCCCC21. The molecular weight excluding hydrogens is 176 g/mol. The van der Waals surface area contributed by atoms with Crippen LogP contribution in [0.5, 0.6) is 0 Å². The fourth-order valence-corrected chi connectivity index (χ4v) is 5.03. The van der Waals surface area contributed by atoms with Crippen LogP contribution in [0.1, 0.15) is 51.4 Å².